The van der Waals surface area contributed by atoms with Gasteiger partial charge in [-0.15, -0.1) is 6.58 Å². The highest BCUT2D eigenvalue weighted by Gasteiger charge is 2.29. The molecule has 16 heavy (non-hydrogen) atoms. The summed E-state index contributed by atoms with van der Waals surface area (Å²) in [5.41, 5.74) is 1.31. The van der Waals surface area contributed by atoms with Crippen molar-refractivity contribution in [3.8, 4) is 0 Å². The minimum Gasteiger partial charge on any atom is -0.395 e. The van der Waals surface area contributed by atoms with Gasteiger partial charge in [0.2, 0.25) is 0 Å². The van der Waals surface area contributed by atoms with E-state index in [0.29, 0.717) is 12.0 Å². The minimum atomic E-state index is 0.247. The van der Waals surface area contributed by atoms with Crippen LogP contribution in [0.4, 0.5) is 0 Å². The van der Waals surface area contributed by atoms with E-state index in [1.54, 1.807) is 0 Å². The van der Waals surface area contributed by atoms with Crippen LogP contribution in [0.2, 0.25) is 0 Å². The molecule has 2 atom stereocenters. The van der Waals surface area contributed by atoms with E-state index in [0.717, 1.165) is 19.5 Å². The van der Waals surface area contributed by atoms with Crippen molar-refractivity contribution in [3.05, 3.63) is 48.6 Å². The molecule has 2 rings (SSSR count). The maximum Gasteiger partial charge on any atom is 0.0587 e. The second kappa shape index (κ2) is 5.28. The van der Waals surface area contributed by atoms with Crippen LogP contribution in [0.25, 0.3) is 0 Å². The summed E-state index contributed by atoms with van der Waals surface area (Å²) in [5.74, 6) is 0.529. The van der Waals surface area contributed by atoms with E-state index in [9.17, 15) is 5.11 Å². The molecule has 1 aliphatic heterocycles. The maximum absolute atomic E-state index is 9.35. The average molecular weight is 217 g/mol. The fourth-order valence-electron chi connectivity index (χ4n) is 2.40. The summed E-state index contributed by atoms with van der Waals surface area (Å²) in [6.07, 6.45) is 3.04. The van der Waals surface area contributed by atoms with E-state index in [2.05, 4.69) is 35.7 Å². The predicted octanol–water partition coefficient (Wildman–Crippen LogP) is 2.06. The molecule has 1 aromatic rings. The van der Waals surface area contributed by atoms with Crippen molar-refractivity contribution in [3.63, 3.8) is 0 Å². The smallest absolute Gasteiger partial charge is 0.0587 e. The van der Waals surface area contributed by atoms with Gasteiger partial charge in [0.05, 0.1) is 6.61 Å². The van der Waals surface area contributed by atoms with Gasteiger partial charge in [-0.25, -0.2) is 0 Å². The Bertz CT molecular complexity index is 336. The van der Waals surface area contributed by atoms with E-state index in [-0.39, 0.29) is 6.61 Å². The molecule has 1 aromatic carbocycles. The number of aliphatic hydroxyl groups excluding tert-OH is 1. The number of benzene rings is 1. The molecule has 2 heteroatoms. The topological polar surface area (TPSA) is 23.5 Å². The monoisotopic (exact) mass is 217 g/mol. The molecule has 0 radical (unpaired) electrons. The number of nitrogens with zero attached hydrogens (tertiary/aromatic N) is 1. The Labute approximate surface area is 97.2 Å². The molecule has 0 saturated carbocycles. The molecule has 1 heterocycles. The van der Waals surface area contributed by atoms with Crippen LogP contribution in [-0.2, 0) is 6.54 Å². The summed E-state index contributed by atoms with van der Waals surface area (Å²) in [6, 6.07) is 10.7. The van der Waals surface area contributed by atoms with Crippen LogP contribution < -0.4 is 0 Å². The van der Waals surface area contributed by atoms with Crippen LogP contribution in [-0.4, -0.2) is 29.2 Å². The lowest BCUT2D eigenvalue weighted by molar-refractivity contribution is 0.153. The first kappa shape index (κ1) is 11.4. The number of rotatable bonds is 4. The molecule has 0 amide bonds. The maximum atomic E-state index is 9.35. The molecular formula is C14H19NO. The first-order chi connectivity index (χ1) is 7.83. The molecule has 1 N–H and O–H groups in total. The summed E-state index contributed by atoms with van der Waals surface area (Å²) in [6.45, 7) is 6.04. The van der Waals surface area contributed by atoms with Crippen LogP contribution >= 0.6 is 0 Å². The van der Waals surface area contributed by atoms with E-state index < -0.39 is 0 Å². The Balaban J connectivity index is 2.01. The van der Waals surface area contributed by atoms with Crippen LogP contribution in [0.15, 0.2) is 43.0 Å². The SMILES string of the molecule is C=C[C@@H]1C[C@H](CO)N(Cc2ccccc2)C1. The second-order valence-corrected chi connectivity index (χ2v) is 4.48. The molecular weight excluding hydrogens is 198 g/mol. The molecule has 0 spiro atoms. The van der Waals surface area contributed by atoms with Crippen molar-refractivity contribution < 1.29 is 5.11 Å². The third-order valence-corrected chi connectivity index (χ3v) is 3.33. The third kappa shape index (κ3) is 2.52. The summed E-state index contributed by atoms with van der Waals surface area (Å²) >= 11 is 0. The van der Waals surface area contributed by atoms with Gasteiger partial charge in [-0.2, -0.15) is 0 Å². The fourth-order valence-corrected chi connectivity index (χ4v) is 2.40. The van der Waals surface area contributed by atoms with Gasteiger partial charge in [-0.05, 0) is 17.9 Å². The Hall–Kier alpha value is -1.12. The summed E-state index contributed by atoms with van der Waals surface area (Å²) in [4.78, 5) is 2.35. The van der Waals surface area contributed by atoms with Crippen molar-refractivity contribution in [1.29, 1.82) is 0 Å². The van der Waals surface area contributed by atoms with Gasteiger partial charge in [0, 0.05) is 19.1 Å². The quantitative estimate of drug-likeness (QED) is 0.780. The van der Waals surface area contributed by atoms with E-state index >= 15 is 0 Å². The first-order valence-corrected chi connectivity index (χ1v) is 5.85. The van der Waals surface area contributed by atoms with Gasteiger partial charge in [0.15, 0.2) is 0 Å². The number of aliphatic hydroxyl groups is 1. The zero-order valence-electron chi connectivity index (χ0n) is 9.55. The van der Waals surface area contributed by atoms with Crippen LogP contribution in [0.5, 0.6) is 0 Å². The first-order valence-electron chi connectivity index (χ1n) is 5.85. The predicted molar refractivity (Wildman–Crippen MR) is 66.0 cm³/mol. The molecule has 86 valence electrons. The molecule has 0 unspecified atom stereocenters. The Morgan fingerprint density at radius 1 is 1.38 bits per heavy atom. The summed E-state index contributed by atoms with van der Waals surface area (Å²) in [5, 5.41) is 9.35. The zero-order valence-corrected chi connectivity index (χ0v) is 9.55. The fraction of sp³-hybridized carbons (Fsp3) is 0.429. The summed E-state index contributed by atoms with van der Waals surface area (Å²) in [7, 11) is 0. The second-order valence-electron chi connectivity index (χ2n) is 4.48. The highest BCUT2D eigenvalue weighted by molar-refractivity contribution is 5.15. The lowest BCUT2D eigenvalue weighted by Gasteiger charge is -2.22. The number of hydrogen-bond donors (Lipinski definition) is 1. The summed E-state index contributed by atoms with van der Waals surface area (Å²) < 4.78 is 0. The lowest BCUT2D eigenvalue weighted by Crippen LogP contribution is -2.31. The van der Waals surface area contributed by atoms with Gasteiger partial charge in [-0.1, -0.05) is 36.4 Å². The van der Waals surface area contributed by atoms with Crippen LogP contribution in [0.3, 0.4) is 0 Å². The van der Waals surface area contributed by atoms with E-state index in [4.69, 9.17) is 0 Å². The van der Waals surface area contributed by atoms with Gasteiger partial charge in [-0.3, -0.25) is 4.90 Å². The molecule has 1 fully saturated rings. The Morgan fingerprint density at radius 2 is 2.12 bits per heavy atom. The zero-order chi connectivity index (χ0) is 11.4. The van der Waals surface area contributed by atoms with Crippen molar-refractivity contribution in [2.24, 2.45) is 5.92 Å². The van der Waals surface area contributed by atoms with E-state index in [1.807, 2.05) is 12.1 Å². The molecule has 1 aliphatic rings. The molecule has 0 aromatic heterocycles. The van der Waals surface area contributed by atoms with Crippen molar-refractivity contribution in [2.75, 3.05) is 13.2 Å². The Kier molecular flexibility index (Phi) is 3.75. The standard InChI is InChI=1S/C14H19NO/c1-2-12-8-14(11-16)15(9-12)10-13-6-4-3-5-7-13/h2-7,12,14,16H,1,8-11H2/t12-,14-/m1/s1. The normalized spacial score (nSPS) is 25.8. The highest BCUT2D eigenvalue weighted by Crippen LogP contribution is 2.25. The average Bonchev–Trinajstić information content (AvgIpc) is 2.73. The minimum absolute atomic E-state index is 0.247. The van der Waals surface area contributed by atoms with Crippen molar-refractivity contribution in [1.82, 2.24) is 4.90 Å². The van der Waals surface area contributed by atoms with Gasteiger partial charge in [0.25, 0.3) is 0 Å². The molecule has 2 nitrogen and oxygen atoms in total. The van der Waals surface area contributed by atoms with E-state index in [1.165, 1.54) is 5.56 Å². The van der Waals surface area contributed by atoms with Gasteiger partial charge in [0.1, 0.15) is 0 Å². The highest BCUT2D eigenvalue weighted by atomic mass is 16.3. The molecule has 0 aliphatic carbocycles. The Morgan fingerprint density at radius 3 is 2.75 bits per heavy atom. The lowest BCUT2D eigenvalue weighted by atomic mass is 10.1. The number of hydrogen-bond acceptors (Lipinski definition) is 2. The molecule has 1 saturated heterocycles. The van der Waals surface area contributed by atoms with Gasteiger partial charge < -0.3 is 5.11 Å². The van der Waals surface area contributed by atoms with Crippen LogP contribution in [0, 0.1) is 5.92 Å². The largest absolute Gasteiger partial charge is 0.395 e. The molecule has 0 bridgehead atoms. The van der Waals surface area contributed by atoms with Crippen molar-refractivity contribution >= 4 is 0 Å². The van der Waals surface area contributed by atoms with Crippen LogP contribution in [0.1, 0.15) is 12.0 Å². The third-order valence-electron chi connectivity index (χ3n) is 3.33. The van der Waals surface area contributed by atoms with Crippen molar-refractivity contribution in [2.45, 2.75) is 19.0 Å². The van der Waals surface area contributed by atoms with Gasteiger partial charge >= 0.3 is 0 Å². The number of likely N-dealkylation sites (tertiary alicyclic amines) is 1.